The van der Waals surface area contributed by atoms with Crippen LogP contribution < -0.4 is 10.2 Å². The van der Waals surface area contributed by atoms with E-state index >= 15 is 0 Å². The van der Waals surface area contributed by atoms with E-state index in [0.29, 0.717) is 5.69 Å². The number of hydrogen-bond acceptors (Lipinski definition) is 4. The minimum Gasteiger partial charge on any atom is -0.351 e. The third-order valence-electron chi connectivity index (χ3n) is 6.68. The second-order valence-electron chi connectivity index (χ2n) is 9.23. The molecule has 2 aromatic carbocycles. The largest absolute Gasteiger partial charge is 0.351 e. The highest BCUT2D eigenvalue weighted by molar-refractivity contribution is 7.89. The average Bonchev–Trinajstić information content (AvgIpc) is 3.09. The molecule has 1 aliphatic heterocycles. The van der Waals surface area contributed by atoms with Crippen molar-refractivity contribution in [3.8, 4) is 0 Å². The minimum absolute atomic E-state index is 0.0295. The van der Waals surface area contributed by atoms with E-state index in [1.807, 2.05) is 0 Å². The SMILES string of the molecule is CC1(C(=O)NC2CCCCCC2)CN(S(=O)(=O)c2ccccc2)CC(=O)N1c1ccc(F)cc1. The number of halogens is 1. The first-order chi connectivity index (χ1) is 16.2. The van der Waals surface area contributed by atoms with E-state index < -0.39 is 39.7 Å². The van der Waals surface area contributed by atoms with Crippen molar-refractivity contribution in [2.45, 2.75) is 61.9 Å². The first-order valence-corrected chi connectivity index (χ1v) is 13.1. The van der Waals surface area contributed by atoms with E-state index in [0.717, 1.165) is 42.8 Å². The third kappa shape index (κ3) is 4.86. The second-order valence-corrected chi connectivity index (χ2v) is 11.2. The first kappa shape index (κ1) is 24.3. The quantitative estimate of drug-likeness (QED) is 0.655. The summed E-state index contributed by atoms with van der Waals surface area (Å²) in [5.41, 5.74) is -1.16. The van der Waals surface area contributed by atoms with E-state index in [-0.39, 0.29) is 17.5 Å². The lowest BCUT2D eigenvalue weighted by Gasteiger charge is -2.47. The molecule has 1 saturated heterocycles. The number of anilines is 1. The van der Waals surface area contributed by atoms with Crippen molar-refractivity contribution in [2.75, 3.05) is 18.0 Å². The van der Waals surface area contributed by atoms with E-state index in [4.69, 9.17) is 0 Å². The van der Waals surface area contributed by atoms with Crippen LogP contribution in [0.5, 0.6) is 0 Å². The maximum atomic E-state index is 13.7. The molecule has 1 saturated carbocycles. The van der Waals surface area contributed by atoms with Crippen LogP contribution in [0.2, 0.25) is 0 Å². The summed E-state index contributed by atoms with van der Waals surface area (Å²) in [6, 6.07) is 13.2. The van der Waals surface area contributed by atoms with E-state index in [1.165, 1.54) is 41.3 Å². The lowest BCUT2D eigenvalue weighted by Crippen LogP contribution is -2.70. The molecule has 34 heavy (non-hydrogen) atoms. The monoisotopic (exact) mass is 487 g/mol. The smallest absolute Gasteiger partial charge is 0.247 e. The van der Waals surface area contributed by atoms with Crippen molar-refractivity contribution in [3.63, 3.8) is 0 Å². The molecule has 0 bridgehead atoms. The zero-order valence-corrected chi connectivity index (χ0v) is 20.1. The summed E-state index contributed by atoms with van der Waals surface area (Å²) in [6.45, 7) is 0.944. The lowest BCUT2D eigenvalue weighted by molar-refractivity contribution is -0.133. The van der Waals surface area contributed by atoms with Gasteiger partial charge in [0.25, 0.3) is 0 Å². The number of nitrogens with zero attached hydrogens (tertiary/aromatic N) is 2. The van der Waals surface area contributed by atoms with Crippen LogP contribution in [0.25, 0.3) is 0 Å². The summed E-state index contributed by atoms with van der Waals surface area (Å²) in [7, 11) is -4.00. The maximum Gasteiger partial charge on any atom is 0.247 e. The molecule has 2 fully saturated rings. The Hall–Kier alpha value is -2.78. The summed E-state index contributed by atoms with van der Waals surface area (Å²) in [5.74, 6) is -1.42. The Labute approximate surface area is 200 Å². The molecule has 2 aromatic rings. The second kappa shape index (κ2) is 9.84. The van der Waals surface area contributed by atoms with Gasteiger partial charge in [0.2, 0.25) is 21.8 Å². The number of carbonyl (C=O) groups is 2. The Morgan fingerprint density at radius 1 is 1.00 bits per heavy atom. The molecule has 182 valence electrons. The molecule has 0 spiro atoms. The fourth-order valence-corrected chi connectivity index (χ4v) is 6.34. The summed E-state index contributed by atoms with van der Waals surface area (Å²) < 4.78 is 41.3. The van der Waals surface area contributed by atoms with Crippen LogP contribution in [-0.4, -0.2) is 49.2 Å². The van der Waals surface area contributed by atoms with E-state index in [1.54, 1.807) is 25.1 Å². The summed E-state index contributed by atoms with van der Waals surface area (Å²) in [6.07, 6.45) is 5.95. The van der Waals surface area contributed by atoms with Crippen molar-refractivity contribution in [1.29, 1.82) is 0 Å². The number of carbonyl (C=O) groups excluding carboxylic acids is 2. The van der Waals surface area contributed by atoms with Gasteiger partial charge >= 0.3 is 0 Å². The molecular weight excluding hydrogens is 457 g/mol. The topological polar surface area (TPSA) is 86.8 Å². The predicted octanol–water partition coefficient (Wildman–Crippen LogP) is 3.46. The standard InChI is InChI=1S/C25H30FN3O4S/c1-25(24(31)27-20-9-5-2-3-6-10-20)18-28(34(32,33)22-11-7-4-8-12-22)17-23(30)29(25)21-15-13-19(26)14-16-21/h4,7-8,11-16,20H,2-3,5-6,9-10,17-18H2,1H3,(H,27,31). The van der Waals surface area contributed by atoms with Gasteiger partial charge in [-0.3, -0.25) is 14.5 Å². The Morgan fingerprint density at radius 3 is 2.24 bits per heavy atom. The van der Waals surface area contributed by atoms with E-state index in [2.05, 4.69) is 5.32 Å². The van der Waals surface area contributed by atoms with Gasteiger partial charge in [-0.2, -0.15) is 4.31 Å². The highest BCUT2D eigenvalue weighted by Gasteiger charge is 2.51. The highest BCUT2D eigenvalue weighted by Crippen LogP contribution is 2.33. The Balaban J connectivity index is 1.70. The predicted molar refractivity (Wildman–Crippen MR) is 127 cm³/mol. The third-order valence-corrected chi connectivity index (χ3v) is 8.49. The van der Waals surface area contributed by atoms with Crippen molar-refractivity contribution in [2.24, 2.45) is 0 Å². The number of sulfonamides is 1. The number of amides is 2. The van der Waals surface area contributed by atoms with Gasteiger partial charge in [-0.15, -0.1) is 0 Å². The normalized spacial score (nSPS) is 22.9. The molecule has 1 N–H and O–H groups in total. The molecule has 0 radical (unpaired) electrons. The number of piperazine rings is 1. The molecule has 1 heterocycles. The van der Waals surface area contributed by atoms with Crippen LogP contribution in [0.15, 0.2) is 59.5 Å². The zero-order valence-electron chi connectivity index (χ0n) is 19.2. The van der Waals surface area contributed by atoms with Crippen LogP contribution in [0.4, 0.5) is 10.1 Å². The van der Waals surface area contributed by atoms with Crippen LogP contribution >= 0.6 is 0 Å². The molecular formula is C25H30FN3O4S. The van der Waals surface area contributed by atoms with Gasteiger partial charge in [0.05, 0.1) is 11.4 Å². The van der Waals surface area contributed by atoms with Gasteiger partial charge in [-0.05, 0) is 56.2 Å². The van der Waals surface area contributed by atoms with Crippen molar-refractivity contribution < 1.29 is 22.4 Å². The molecule has 1 aliphatic carbocycles. The number of benzene rings is 2. The average molecular weight is 488 g/mol. The lowest BCUT2D eigenvalue weighted by atomic mass is 9.93. The molecule has 1 atom stereocenters. The maximum absolute atomic E-state index is 13.7. The minimum atomic E-state index is -4.00. The van der Waals surface area contributed by atoms with Gasteiger partial charge in [0.1, 0.15) is 11.4 Å². The molecule has 4 rings (SSSR count). The fraction of sp³-hybridized carbons (Fsp3) is 0.440. The van der Waals surface area contributed by atoms with Crippen LogP contribution in [0.3, 0.4) is 0 Å². The first-order valence-electron chi connectivity index (χ1n) is 11.7. The van der Waals surface area contributed by atoms with Gasteiger partial charge in [-0.25, -0.2) is 12.8 Å². The molecule has 0 aromatic heterocycles. The number of hydrogen-bond donors (Lipinski definition) is 1. The zero-order chi connectivity index (χ0) is 24.3. The fourth-order valence-electron chi connectivity index (χ4n) is 4.84. The summed E-state index contributed by atoms with van der Waals surface area (Å²) >= 11 is 0. The summed E-state index contributed by atoms with van der Waals surface area (Å²) in [4.78, 5) is 28.5. The molecule has 2 aliphatic rings. The molecule has 2 amide bonds. The molecule has 1 unspecified atom stereocenters. The Bertz CT molecular complexity index is 1130. The van der Waals surface area contributed by atoms with Crippen LogP contribution in [0, 0.1) is 5.82 Å². The summed E-state index contributed by atoms with van der Waals surface area (Å²) in [5, 5.41) is 3.08. The van der Waals surface area contributed by atoms with Crippen LogP contribution in [0.1, 0.15) is 45.4 Å². The van der Waals surface area contributed by atoms with Gasteiger partial charge in [0.15, 0.2) is 0 Å². The Kier molecular flexibility index (Phi) is 7.04. The van der Waals surface area contributed by atoms with Gasteiger partial charge in [-0.1, -0.05) is 43.9 Å². The van der Waals surface area contributed by atoms with Crippen molar-refractivity contribution in [3.05, 3.63) is 60.4 Å². The van der Waals surface area contributed by atoms with Crippen LogP contribution in [-0.2, 0) is 19.6 Å². The van der Waals surface area contributed by atoms with Gasteiger partial charge in [0, 0.05) is 18.3 Å². The number of rotatable bonds is 5. The van der Waals surface area contributed by atoms with Crippen molar-refractivity contribution in [1.82, 2.24) is 9.62 Å². The highest BCUT2D eigenvalue weighted by atomic mass is 32.2. The molecule has 9 heteroatoms. The van der Waals surface area contributed by atoms with Gasteiger partial charge < -0.3 is 5.32 Å². The Morgan fingerprint density at radius 2 is 1.62 bits per heavy atom. The van der Waals surface area contributed by atoms with E-state index in [9.17, 15) is 22.4 Å². The number of nitrogens with one attached hydrogen (secondary N) is 1. The van der Waals surface area contributed by atoms with Crippen molar-refractivity contribution >= 4 is 27.5 Å². The molecule has 7 nitrogen and oxygen atoms in total.